The molecule has 0 saturated heterocycles. The summed E-state index contributed by atoms with van der Waals surface area (Å²) in [4.78, 5) is 14.5. The molecule has 0 aliphatic heterocycles. The minimum absolute atomic E-state index is 0.247. The summed E-state index contributed by atoms with van der Waals surface area (Å²) in [6, 6.07) is 6.76. The van der Waals surface area contributed by atoms with Gasteiger partial charge in [-0.05, 0) is 42.1 Å². The highest BCUT2D eigenvalue weighted by molar-refractivity contribution is 5.89. The molecule has 1 rings (SSSR count). The van der Waals surface area contributed by atoms with E-state index in [0.717, 1.165) is 30.4 Å². The monoisotopic (exact) mass is 287 g/mol. The maximum absolute atomic E-state index is 11.6. The Morgan fingerprint density at radius 1 is 1.33 bits per heavy atom. The highest BCUT2D eigenvalue weighted by Crippen LogP contribution is 2.23. The summed E-state index contributed by atoms with van der Waals surface area (Å²) in [5, 5.41) is 3.81. The summed E-state index contributed by atoms with van der Waals surface area (Å²) >= 11 is 0. The van der Waals surface area contributed by atoms with E-state index in [9.17, 15) is 4.79 Å². The molecule has 5 heteroatoms. The normalized spacial score (nSPS) is 11.3. The molecule has 0 fully saturated rings. The first-order chi connectivity index (χ1) is 10.1. The fourth-order valence-electron chi connectivity index (χ4n) is 1.99. The SMILES string of the molecule is C=C(c1ccc(C(=O)OCC)cc1)C(CCCC)N=[N+]=[N-]. The Hall–Kier alpha value is -2.26. The van der Waals surface area contributed by atoms with Crippen LogP contribution in [0.25, 0.3) is 16.0 Å². The van der Waals surface area contributed by atoms with Crippen LogP contribution >= 0.6 is 0 Å². The largest absolute Gasteiger partial charge is 0.462 e. The predicted octanol–water partition coefficient (Wildman–Crippen LogP) is 4.75. The van der Waals surface area contributed by atoms with E-state index in [1.54, 1.807) is 31.2 Å². The first kappa shape index (κ1) is 16.8. The summed E-state index contributed by atoms with van der Waals surface area (Å²) in [6.07, 6.45) is 2.79. The maximum atomic E-state index is 11.6. The standard InChI is InChI=1S/C16H21N3O2/c1-4-6-7-15(18-19-17)12(3)13-8-10-14(11-9-13)16(20)21-5-2/h8-11,15H,3-7H2,1-2H3. The zero-order valence-electron chi connectivity index (χ0n) is 12.6. The van der Waals surface area contributed by atoms with Crippen molar-refractivity contribution in [2.75, 3.05) is 6.61 Å². The topological polar surface area (TPSA) is 75.1 Å². The number of hydrogen-bond acceptors (Lipinski definition) is 3. The molecular formula is C16H21N3O2. The summed E-state index contributed by atoms with van der Waals surface area (Å²) < 4.78 is 4.94. The average molecular weight is 287 g/mol. The molecule has 0 aliphatic rings. The van der Waals surface area contributed by atoms with Gasteiger partial charge in [0.15, 0.2) is 0 Å². The molecule has 1 unspecified atom stereocenters. The lowest BCUT2D eigenvalue weighted by Gasteiger charge is -2.14. The first-order valence-corrected chi connectivity index (χ1v) is 7.14. The number of benzene rings is 1. The van der Waals surface area contributed by atoms with Crippen LogP contribution in [-0.2, 0) is 4.74 Å². The highest BCUT2D eigenvalue weighted by atomic mass is 16.5. The van der Waals surface area contributed by atoms with Gasteiger partial charge in [0, 0.05) is 4.91 Å². The second-order valence-electron chi connectivity index (χ2n) is 4.69. The molecule has 1 aromatic rings. The minimum atomic E-state index is -0.341. The summed E-state index contributed by atoms with van der Waals surface area (Å²) in [5.74, 6) is -0.341. The highest BCUT2D eigenvalue weighted by Gasteiger charge is 2.13. The summed E-state index contributed by atoms with van der Waals surface area (Å²) in [6.45, 7) is 8.23. The third-order valence-corrected chi connectivity index (χ3v) is 3.19. The van der Waals surface area contributed by atoms with Crippen LogP contribution in [0.4, 0.5) is 0 Å². The van der Waals surface area contributed by atoms with E-state index in [0.29, 0.717) is 12.2 Å². The van der Waals surface area contributed by atoms with E-state index in [2.05, 4.69) is 23.5 Å². The van der Waals surface area contributed by atoms with E-state index in [1.807, 2.05) is 0 Å². The molecule has 5 nitrogen and oxygen atoms in total. The van der Waals surface area contributed by atoms with Crippen LogP contribution in [-0.4, -0.2) is 18.6 Å². The van der Waals surface area contributed by atoms with Gasteiger partial charge in [-0.1, -0.05) is 43.6 Å². The quantitative estimate of drug-likeness (QED) is 0.299. The Morgan fingerprint density at radius 3 is 2.48 bits per heavy atom. The van der Waals surface area contributed by atoms with Crippen molar-refractivity contribution in [3.8, 4) is 0 Å². The molecule has 0 amide bonds. The van der Waals surface area contributed by atoms with Crippen LogP contribution in [0, 0.1) is 0 Å². The van der Waals surface area contributed by atoms with Gasteiger partial charge in [-0.3, -0.25) is 0 Å². The Kier molecular flexibility index (Phi) is 7.05. The number of rotatable bonds is 8. The van der Waals surface area contributed by atoms with Crippen LogP contribution in [0.5, 0.6) is 0 Å². The van der Waals surface area contributed by atoms with Crippen molar-refractivity contribution in [1.82, 2.24) is 0 Å². The molecule has 0 aliphatic carbocycles. The molecule has 1 aromatic carbocycles. The average Bonchev–Trinajstić information content (AvgIpc) is 2.51. The Morgan fingerprint density at radius 2 is 1.95 bits per heavy atom. The van der Waals surface area contributed by atoms with Crippen LogP contribution in [0.15, 0.2) is 36.0 Å². The van der Waals surface area contributed by atoms with Crippen LogP contribution < -0.4 is 0 Å². The van der Waals surface area contributed by atoms with Gasteiger partial charge in [0.05, 0.1) is 18.2 Å². The lowest BCUT2D eigenvalue weighted by atomic mass is 9.96. The van der Waals surface area contributed by atoms with Gasteiger partial charge in [0.25, 0.3) is 0 Å². The van der Waals surface area contributed by atoms with E-state index < -0.39 is 0 Å². The van der Waals surface area contributed by atoms with E-state index in [4.69, 9.17) is 10.3 Å². The second-order valence-corrected chi connectivity index (χ2v) is 4.69. The van der Waals surface area contributed by atoms with E-state index in [1.165, 1.54) is 0 Å². The minimum Gasteiger partial charge on any atom is -0.462 e. The molecule has 112 valence electrons. The van der Waals surface area contributed by atoms with Gasteiger partial charge >= 0.3 is 5.97 Å². The van der Waals surface area contributed by atoms with Crippen molar-refractivity contribution < 1.29 is 9.53 Å². The Bertz CT molecular complexity index is 531. The number of carbonyl (C=O) groups is 1. The molecule has 0 aromatic heterocycles. The van der Waals surface area contributed by atoms with Crippen molar-refractivity contribution in [2.24, 2.45) is 5.11 Å². The Balaban J connectivity index is 2.85. The van der Waals surface area contributed by atoms with Crippen molar-refractivity contribution in [3.63, 3.8) is 0 Å². The van der Waals surface area contributed by atoms with Crippen molar-refractivity contribution in [2.45, 2.75) is 39.2 Å². The van der Waals surface area contributed by atoms with Crippen LogP contribution in [0.2, 0.25) is 0 Å². The van der Waals surface area contributed by atoms with E-state index in [-0.39, 0.29) is 12.0 Å². The summed E-state index contributed by atoms with van der Waals surface area (Å²) in [5.41, 5.74) is 10.8. The van der Waals surface area contributed by atoms with Crippen molar-refractivity contribution >= 4 is 11.5 Å². The molecular weight excluding hydrogens is 266 g/mol. The maximum Gasteiger partial charge on any atom is 0.338 e. The van der Waals surface area contributed by atoms with Gasteiger partial charge in [-0.15, -0.1) is 0 Å². The van der Waals surface area contributed by atoms with Crippen molar-refractivity contribution in [3.05, 3.63) is 52.4 Å². The number of azide groups is 1. The van der Waals surface area contributed by atoms with Crippen LogP contribution in [0.3, 0.4) is 0 Å². The lowest BCUT2D eigenvalue weighted by molar-refractivity contribution is 0.0526. The molecule has 0 heterocycles. The molecule has 0 spiro atoms. The smallest absolute Gasteiger partial charge is 0.338 e. The number of ether oxygens (including phenoxy) is 1. The van der Waals surface area contributed by atoms with Gasteiger partial charge in [-0.2, -0.15) is 0 Å². The molecule has 21 heavy (non-hydrogen) atoms. The number of hydrogen-bond donors (Lipinski definition) is 0. The summed E-state index contributed by atoms with van der Waals surface area (Å²) in [7, 11) is 0. The van der Waals surface area contributed by atoms with Gasteiger partial charge < -0.3 is 4.74 Å². The predicted molar refractivity (Wildman–Crippen MR) is 83.9 cm³/mol. The van der Waals surface area contributed by atoms with Gasteiger partial charge in [-0.25, -0.2) is 4.79 Å². The zero-order valence-corrected chi connectivity index (χ0v) is 12.6. The van der Waals surface area contributed by atoms with Gasteiger partial charge in [0.2, 0.25) is 0 Å². The number of esters is 1. The third kappa shape index (κ3) is 4.97. The fraction of sp³-hybridized carbons (Fsp3) is 0.438. The molecule has 0 saturated carbocycles. The molecule has 0 radical (unpaired) electrons. The number of nitrogens with zero attached hydrogens (tertiary/aromatic N) is 3. The third-order valence-electron chi connectivity index (χ3n) is 3.19. The number of unbranched alkanes of at least 4 members (excludes halogenated alkanes) is 1. The molecule has 1 atom stereocenters. The van der Waals surface area contributed by atoms with Gasteiger partial charge in [0.1, 0.15) is 0 Å². The first-order valence-electron chi connectivity index (χ1n) is 7.14. The lowest BCUT2D eigenvalue weighted by Crippen LogP contribution is -2.07. The second kappa shape index (κ2) is 8.82. The van der Waals surface area contributed by atoms with E-state index >= 15 is 0 Å². The Labute approximate surface area is 125 Å². The van der Waals surface area contributed by atoms with Crippen molar-refractivity contribution in [1.29, 1.82) is 0 Å². The number of carbonyl (C=O) groups excluding carboxylic acids is 1. The van der Waals surface area contributed by atoms with Crippen LogP contribution in [0.1, 0.15) is 49.0 Å². The molecule has 0 N–H and O–H groups in total. The zero-order chi connectivity index (χ0) is 15.7. The fourth-order valence-corrected chi connectivity index (χ4v) is 1.99. The molecule has 0 bridgehead atoms.